The molecule has 0 amide bonds. The van der Waals surface area contributed by atoms with Crippen LogP contribution in [0.2, 0.25) is 0 Å². The molecule has 1 aromatic carbocycles. The number of halogens is 3. The first-order chi connectivity index (χ1) is 6.22. The highest BCUT2D eigenvalue weighted by molar-refractivity contribution is 9.08. The molecule has 13 heavy (non-hydrogen) atoms. The van der Waals surface area contributed by atoms with Crippen molar-refractivity contribution in [3.8, 4) is 0 Å². The molecular formula is C9H5BrF2S. The van der Waals surface area contributed by atoms with Gasteiger partial charge in [-0.2, -0.15) is 0 Å². The third-order valence-electron chi connectivity index (χ3n) is 1.84. The fourth-order valence-corrected chi connectivity index (χ4v) is 2.41. The van der Waals surface area contributed by atoms with Gasteiger partial charge in [-0.05, 0) is 17.7 Å². The second kappa shape index (κ2) is 3.35. The molecule has 0 saturated heterocycles. The summed E-state index contributed by atoms with van der Waals surface area (Å²) in [6.45, 7) is 0. The van der Waals surface area contributed by atoms with E-state index in [1.54, 1.807) is 6.07 Å². The number of hydrogen-bond donors (Lipinski definition) is 0. The molecule has 1 aromatic heterocycles. The Hall–Kier alpha value is -0.480. The van der Waals surface area contributed by atoms with Crippen molar-refractivity contribution in [2.75, 3.05) is 0 Å². The number of hydrogen-bond acceptors (Lipinski definition) is 1. The molecule has 2 rings (SSSR count). The Morgan fingerprint density at radius 1 is 1.23 bits per heavy atom. The van der Waals surface area contributed by atoms with Crippen LogP contribution in [0.25, 0.3) is 10.1 Å². The van der Waals surface area contributed by atoms with Gasteiger partial charge < -0.3 is 0 Å². The first-order valence-corrected chi connectivity index (χ1v) is 5.63. The van der Waals surface area contributed by atoms with E-state index in [9.17, 15) is 8.78 Å². The van der Waals surface area contributed by atoms with Crippen LogP contribution in [-0.2, 0) is 5.33 Å². The normalized spacial score (nSPS) is 11.0. The van der Waals surface area contributed by atoms with E-state index in [-0.39, 0.29) is 11.6 Å². The Morgan fingerprint density at radius 3 is 2.69 bits per heavy atom. The van der Waals surface area contributed by atoms with Crippen LogP contribution in [-0.4, -0.2) is 0 Å². The summed E-state index contributed by atoms with van der Waals surface area (Å²) in [5.74, 6) is -0.562. The standard InChI is InChI=1S/C9H5BrF2S/c10-3-5-1-6-8(12)4-13-9(6)2-7(5)11/h1-2,4H,3H2. The van der Waals surface area contributed by atoms with Crippen LogP contribution in [0.1, 0.15) is 5.56 Å². The SMILES string of the molecule is Fc1cc2scc(F)c2cc1CBr. The number of fused-ring (bicyclic) bond motifs is 1. The molecule has 0 unspecified atom stereocenters. The first kappa shape index (κ1) is 9.09. The van der Waals surface area contributed by atoms with Crippen molar-refractivity contribution in [3.05, 3.63) is 34.7 Å². The van der Waals surface area contributed by atoms with E-state index in [1.165, 1.54) is 22.8 Å². The van der Waals surface area contributed by atoms with Crippen LogP contribution in [0.3, 0.4) is 0 Å². The summed E-state index contributed by atoms with van der Waals surface area (Å²) in [5.41, 5.74) is 0.491. The molecule has 0 nitrogen and oxygen atoms in total. The van der Waals surface area contributed by atoms with Crippen LogP contribution < -0.4 is 0 Å². The van der Waals surface area contributed by atoms with Gasteiger partial charge >= 0.3 is 0 Å². The van der Waals surface area contributed by atoms with Gasteiger partial charge in [0.15, 0.2) is 0 Å². The molecule has 0 spiro atoms. The van der Waals surface area contributed by atoms with E-state index in [4.69, 9.17) is 0 Å². The predicted molar refractivity (Wildman–Crippen MR) is 54.4 cm³/mol. The lowest BCUT2D eigenvalue weighted by molar-refractivity contribution is 0.618. The van der Waals surface area contributed by atoms with Crippen molar-refractivity contribution in [2.24, 2.45) is 0 Å². The van der Waals surface area contributed by atoms with Gasteiger partial charge in [-0.1, -0.05) is 15.9 Å². The van der Waals surface area contributed by atoms with Crippen molar-refractivity contribution in [2.45, 2.75) is 5.33 Å². The third-order valence-corrected chi connectivity index (χ3v) is 3.36. The highest BCUT2D eigenvalue weighted by atomic mass is 79.9. The van der Waals surface area contributed by atoms with Crippen molar-refractivity contribution in [3.63, 3.8) is 0 Å². The van der Waals surface area contributed by atoms with Crippen LogP contribution >= 0.6 is 27.3 Å². The number of thiophene rings is 1. The topological polar surface area (TPSA) is 0 Å². The van der Waals surface area contributed by atoms with E-state index in [0.29, 0.717) is 21.0 Å². The van der Waals surface area contributed by atoms with Crippen molar-refractivity contribution < 1.29 is 8.78 Å². The van der Waals surface area contributed by atoms with E-state index in [1.807, 2.05) is 0 Å². The lowest BCUT2D eigenvalue weighted by Gasteiger charge is -1.98. The lowest BCUT2D eigenvalue weighted by atomic mass is 10.2. The van der Waals surface area contributed by atoms with E-state index < -0.39 is 0 Å². The largest absolute Gasteiger partial charge is 0.207 e. The van der Waals surface area contributed by atoms with Gasteiger partial charge in [-0.3, -0.25) is 0 Å². The quantitative estimate of drug-likeness (QED) is 0.680. The molecule has 4 heteroatoms. The van der Waals surface area contributed by atoms with Gasteiger partial charge in [0.2, 0.25) is 0 Å². The number of alkyl halides is 1. The highest BCUT2D eigenvalue weighted by Crippen LogP contribution is 2.28. The molecule has 0 saturated carbocycles. The average molecular weight is 263 g/mol. The second-order valence-electron chi connectivity index (χ2n) is 2.66. The molecule has 2 aromatic rings. The Kier molecular flexibility index (Phi) is 2.34. The zero-order chi connectivity index (χ0) is 9.42. The summed E-state index contributed by atoms with van der Waals surface area (Å²) in [6.07, 6.45) is 0. The van der Waals surface area contributed by atoms with E-state index in [2.05, 4.69) is 15.9 Å². The fraction of sp³-hybridized carbons (Fsp3) is 0.111. The van der Waals surface area contributed by atoms with E-state index >= 15 is 0 Å². The first-order valence-electron chi connectivity index (χ1n) is 3.63. The Balaban J connectivity index is 2.77. The summed E-state index contributed by atoms with van der Waals surface area (Å²) >= 11 is 4.36. The molecule has 68 valence electrons. The molecule has 0 aliphatic rings. The maximum atomic E-state index is 13.2. The molecule has 0 atom stereocenters. The van der Waals surface area contributed by atoms with Crippen molar-refractivity contribution in [1.82, 2.24) is 0 Å². The number of benzene rings is 1. The lowest BCUT2D eigenvalue weighted by Crippen LogP contribution is -1.84. The van der Waals surface area contributed by atoms with E-state index in [0.717, 1.165) is 0 Å². The van der Waals surface area contributed by atoms with Crippen molar-refractivity contribution in [1.29, 1.82) is 0 Å². The second-order valence-corrected chi connectivity index (χ2v) is 4.13. The van der Waals surface area contributed by atoms with Gasteiger partial charge in [-0.25, -0.2) is 8.78 Å². The maximum Gasteiger partial charge on any atom is 0.141 e. The Labute approximate surface area is 86.3 Å². The molecule has 0 bridgehead atoms. The Bertz CT molecular complexity index is 450. The average Bonchev–Trinajstić information content (AvgIpc) is 2.46. The summed E-state index contributed by atoms with van der Waals surface area (Å²) in [5, 5.41) is 2.30. The van der Waals surface area contributed by atoms with Crippen LogP contribution in [0.5, 0.6) is 0 Å². The van der Waals surface area contributed by atoms with Gasteiger partial charge in [0.1, 0.15) is 11.6 Å². The van der Waals surface area contributed by atoms with Gasteiger partial charge in [-0.15, -0.1) is 11.3 Å². The molecule has 0 N–H and O–H groups in total. The zero-order valence-corrected chi connectivity index (χ0v) is 8.88. The predicted octanol–water partition coefficient (Wildman–Crippen LogP) is 4.07. The Morgan fingerprint density at radius 2 is 2.00 bits per heavy atom. The molecule has 0 radical (unpaired) electrons. The molecule has 0 aliphatic carbocycles. The molecular weight excluding hydrogens is 258 g/mol. The van der Waals surface area contributed by atoms with Gasteiger partial charge in [0.05, 0.1) is 0 Å². The maximum absolute atomic E-state index is 13.2. The third kappa shape index (κ3) is 1.48. The summed E-state index contributed by atoms with van der Waals surface area (Å²) in [7, 11) is 0. The van der Waals surface area contributed by atoms with Crippen LogP contribution in [0.4, 0.5) is 8.78 Å². The molecule has 0 aliphatic heterocycles. The number of rotatable bonds is 1. The molecule has 1 heterocycles. The minimum atomic E-state index is -0.286. The van der Waals surface area contributed by atoms with Gasteiger partial charge in [0.25, 0.3) is 0 Å². The van der Waals surface area contributed by atoms with Crippen molar-refractivity contribution >= 4 is 37.4 Å². The minimum Gasteiger partial charge on any atom is -0.207 e. The fourth-order valence-electron chi connectivity index (χ4n) is 1.17. The summed E-state index contributed by atoms with van der Waals surface area (Å²) in [6, 6.07) is 2.92. The smallest absolute Gasteiger partial charge is 0.141 e. The van der Waals surface area contributed by atoms with Gasteiger partial charge in [0, 0.05) is 20.8 Å². The highest BCUT2D eigenvalue weighted by Gasteiger charge is 2.08. The zero-order valence-electron chi connectivity index (χ0n) is 6.48. The monoisotopic (exact) mass is 262 g/mol. The summed E-state index contributed by atoms with van der Waals surface area (Å²) < 4.78 is 26.9. The summed E-state index contributed by atoms with van der Waals surface area (Å²) in [4.78, 5) is 0. The van der Waals surface area contributed by atoms with Crippen LogP contribution in [0.15, 0.2) is 17.5 Å². The minimum absolute atomic E-state index is 0.276. The molecule has 0 fully saturated rings. The van der Waals surface area contributed by atoms with Crippen LogP contribution in [0, 0.1) is 11.6 Å².